The summed E-state index contributed by atoms with van der Waals surface area (Å²) in [6, 6.07) is 2.52. The van der Waals surface area contributed by atoms with Crippen LogP contribution in [0.15, 0.2) is 23.1 Å². The number of methoxy groups -OCH3 is 2. The van der Waals surface area contributed by atoms with E-state index in [2.05, 4.69) is 4.74 Å². The van der Waals surface area contributed by atoms with Crippen LogP contribution in [0.2, 0.25) is 5.02 Å². The molecule has 9 heteroatoms. The number of aliphatic hydroxyl groups excluding tert-OH is 1. The van der Waals surface area contributed by atoms with Crippen molar-refractivity contribution in [3.8, 4) is 5.75 Å². The smallest absolute Gasteiger partial charge is 0.326 e. The molecule has 1 aromatic rings. The molecule has 0 aliphatic carbocycles. The molecule has 1 unspecified atom stereocenters. The third kappa shape index (κ3) is 3.83. The maximum absolute atomic E-state index is 12.2. The van der Waals surface area contributed by atoms with Gasteiger partial charge in [-0.1, -0.05) is 11.6 Å². The first kappa shape index (κ1) is 16.7. The minimum absolute atomic E-state index is 0.0200. The topological polar surface area (TPSA) is 102 Å². The molecule has 20 heavy (non-hydrogen) atoms. The van der Waals surface area contributed by atoms with Crippen LogP contribution < -0.4 is 9.46 Å². The Balaban J connectivity index is 3.14. The number of halogens is 1. The first-order valence-electron chi connectivity index (χ1n) is 5.40. The van der Waals surface area contributed by atoms with Gasteiger partial charge in [-0.25, -0.2) is 8.42 Å². The van der Waals surface area contributed by atoms with E-state index in [1.165, 1.54) is 25.3 Å². The highest BCUT2D eigenvalue weighted by atomic mass is 35.5. The van der Waals surface area contributed by atoms with E-state index in [0.717, 1.165) is 7.11 Å². The van der Waals surface area contributed by atoms with Crippen molar-refractivity contribution in [3.05, 3.63) is 23.2 Å². The Hall–Kier alpha value is -1.35. The fourth-order valence-electron chi connectivity index (χ4n) is 1.42. The van der Waals surface area contributed by atoms with Crippen molar-refractivity contribution in [2.75, 3.05) is 20.8 Å². The summed E-state index contributed by atoms with van der Waals surface area (Å²) in [4.78, 5) is 11.1. The van der Waals surface area contributed by atoms with Crippen LogP contribution in [0.1, 0.15) is 0 Å². The Bertz CT molecular complexity index is 589. The fraction of sp³-hybridized carbons (Fsp3) is 0.364. The Labute approximate surface area is 121 Å². The van der Waals surface area contributed by atoms with Gasteiger partial charge in [0.15, 0.2) is 0 Å². The van der Waals surface area contributed by atoms with Crippen LogP contribution in [0, 0.1) is 0 Å². The number of aliphatic hydroxyl groups is 1. The van der Waals surface area contributed by atoms with E-state index < -0.39 is 28.6 Å². The average Bonchev–Trinajstić information content (AvgIpc) is 2.43. The molecule has 2 N–H and O–H groups in total. The number of esters is 1. The predicted molar refractivity (Wildman–Crippen MR) is 71.2 cm³/mol. The largest absolute Gasteiger partial charge is 0.495 e. The highest BCUT2D eigenvalue weighted by molar-refractivity contribution is 7.89. The number of benzene rings is 1. The summed E-state index contributed by atoms with van der Waals surface area (Å²) in [6.45, 7) is -0.734. The zero-order chi connectivity index (χ0) is 15.3. The maximum Gasteiger partial charge on any atom is 0.326 e. The number of carbonyl (C=O) groups is 1. The summed E-state index contributed by atoms with van der Waals surface area (Å²) in [5.41, 5.74) is 0. The number of rotatable bonds is 6. The van der Waals surface area contributed by atoms with Crippen LogP contribution in [0.5, 0.6) is 5.75 Å². The number of carbonyl (C=O) groups excluding carboxylic acids is 1. The molecule has 0 fully saturated rings. The first-order chi connectivity index (χ1) is 9.35. The molecule has 1 atom stereocenters. The number of nitrogens with one attached hydrogen (secondary N) is 1. The molecule has 0 bridgehead atoms. The van der Waals surface area contributed by atoms with Gasteiger partial charge in [0.2, 0.25) is 10.0 Å². The van der Waals surface area contributed by atoms with Gasteiger partial charge in [0.1, 0.15) is 16.7 Å². The summed E-state index contributed by atoms with van der Waals surface area (Å²) in [5, 5.41) is 9.33. The SMILES string of the molecule is COC(=O)C(CO)NS(=O)(=O)c1ccc(Cl)cc1OC. The van der Waals surface area contributed by atoms with Crippen molar-refractivity contribution in [1.82, 2.24) is 4.72 Å². The van der Waals surface area contributed by atoms with Gasteiger partial charge in [0, 0.05) is 11.1 Å². The summed E-state index contributed by atoms with van der Waals surface area (Å²) in [5.74, 6) is -0.879. The summed E-state index contributed by atoms with van der Waals surface area (Å²) < 4.78 is 35.7. The number of hydrogen-bond acceptors (Lipinski definition) is 6. The lowest BCUT2D eigenvalue weighted by Gasteiger charge is -2.15. The van der Waals surface area contributed by atoms with Crippen LogP contribution >= 0.6 is 11.6 Å². The van der Waals surface area contributed by atoms with Crippen molar-refractivity contribution in [2.45, 2.75) is 10.9 Å². The number of ether oxygens (including phenoxy) is 2. The van der Waals surface area contributed by atoms with E-state index in [9.17, 15) is 13.2 Å². The van der Waals surface area contributed by atoms with Crippen molar-refractivity contribution >= 4 is 27.6 Å². The number of hydrogen-bond donors (Lipinski definition) is 2. The molecule has 0 aliphatic heterocycles. The molecular weight excluding hydrogens is 310 g/mol. The summed E-state index contributed by atoms with van der Waals surface area (Å²) in [7, 11) is -1.71. The van der Waals surface area contributed by atoms with Gasteiger partial charge >= 0.3 is 5.97 Å². The first-order valence-corrected chi connectivity index (χ1v) is 7.26. The molecule has 0 saturated heterocycles. The molecule has 1 aromatic carbocycles. The zero-order valence-electron chi connectivity index (χ0n) is 10.8. The quantitative estimate of drug-likeness (QED) is 0.723. The maximum atomic E-state index is 12.2. The Kier molecular flexibility index (Phi) is 5.75. The minimum Gasteiger partial charge on any atom is -0.495 e. The van der Waals surface area contributed by atoms with Crippen LogP contribution in [-0.2, 0) is 19.6 Å². The molecule has 0 radical (unpaired) electrons. The second-order valence-electron chi connectivity index (χ2n) is 3.67. The molecule has 0 heterocycles. The molecule has 0 amide bonds. The van der Waals surface area contributed by atoms with Crippen LogP contribution in [0.4, 0.5) is 0 Å². The molecule has 0 aromatic heterocycles. The Morgan fingerprint density at radius 2 is 2.10 bits per heavy atom. The van der Waals surface area contributed by atoms with Gasteiger partial charge in [-0.15, -0.1) is 0 Å². The van der Waals surface area contributed by atoms with Crippen molar-refractivity contribution in [3.63, 3.8) is 0 Å². The lowest BCUT2D eigenvalue weighted by molar-refractivity contribution is -0.143. The van der Waals surface area contributed by atoms with Crippen molar-refractivity contribution in [1.29, 1.82) is 0 Å². The molecule has 1 rings (SSSR count). The van der Waals surface area contributed by atoms with Gasteiger partial charge in [-0.2, -0.15) is 4.72 Å². The van der Waals surface area contributed by atoms with E-state index in [1.807, 2.05) is 4.72 Å². The number of sulfonamides is 1. The molecule has 0 saturated carbocycles. The van der Waals surface area contributed by atoms with E-state index in [4.69, 9.17) is 21.4 Å². The Morgan fingerprint density at radius 3 is 2.60 bits per heavy atom. The molecule has 7 nitrogen and oxygen atoms in total. The average molecular weight is 324 g/mol. The monoisotopic (exact) mass is 323 g/mol. The van der Waals surface area contributed by atoms with Gasteiger partial charge in [-0.05, 0) is 12.1 Å². The summed E-state index contributed by atoms with van der Waals surface area (Å²) >= 11 is 5.74. The van der Waals surface area contributed by atoms with Gasteiger partial charge in [0.25, 0.3) is 0 Å². The minimum atomic E-state index is -4.08. The molecule has 112 valence electrons. The van der Waals surface area contributed by atoms with Gasteiger partial charge in [0.05, 0.1) is 20.8 Å². The van der Waals surface area contributed by atoms with Crippen LogP contribution in [0.25, 0.3) is 0 Å². The summed E-state index contributed by atoms with van der Waals surface area (Å²) in [6.07, 6.45) is 0. The zero-order valence-corrected chi connectivity index (χ0v) is 12.4. The lowest BCUT2D eigenvalue weighted by atomic mass is 10.3. The molecular formula is C11H14ClNO6S. The third-order valence-electron chi connectivity index (χ3n) is 2.38. The molecule has 0 spiro atoms. The van der Waals surface area contributed by atoms with Gasteiger partial charge in [-0.3, -0.25) is 4.79 Å². The van der Waals surface area contributed by atoms with Crippen LogP contribution in [0.3, 0.4) is 0 Å². The van der Waals surface area contributed by atoms with E-state index in [-0.39, 0.29) is 10.6 Å². The second-order valence-corrected chi connectivity index (χ2v) is 5.79. The van der Waals surface area contributed by atoms with Crippen molar-refractivity contribution < 1.29 is 27.8 Å². The highest BCUT2D eigenvalue weighted by Crippen LogP contribution is 2.27. The lowest BCUT2D eigenvalue weighted by Crippen LogP contribution is -2.44. The highest BCUT2D eigenvalue weighted by Gasteiger charge is 2.28. The van der Waals surface area contributed by atoms with E-state index in [0.29, 0.717) is 5.02 Å². The standard InChI is InChI=1S/C11H14ClNO6S/c1-18-9-5-7(12)3-4-10(9)20(16,17)13-8(6-14)11(15)19-2/h3-5,8,13-14H,6H2,1-2H3. The Morgan fingerprint density at radius 1 is 1.45 bits per heavy atom. The predicted octanol–water partition coefficient (Wildman–Crippen LogP) is 0.161. The van der Waals surface area contributed by atoms with E-state index >= 15 is 0 Å². The second kappa shape index (κ2) is 6.89. The van der Waals surface area contributed by atoms with Gasteiger partial charge < -0.3 is 14.6 Å². The molecule has 0 aliphatic rings. The van der Waals surface area contributed by atoms with E-state index in [1.54, 1.807) is 0 Å². The normalized spacial score (nSPS) is 12.8. The van der Waals surface area contributed by atoms with Crippen LogP contribution in [-0.4, -0.2) is 46.4 Å². The fourth-order valence-corrected chi connectivity index (χ4v) is 2.91. The van der Waals surface area contributed by atoms with Crippen molar-refractivity contribution in [2.24, 2.45) is 0 Å². The third-order valence-corrected chi connectivity index (χ3v) is 4.13.